The van der Waals surface area contributed by atoms with Gasteiger partial charge >= 0.3 is 0 Å². The lowest BCUT2D eigenvalue weighted by atomic mass is 9.86. The number of halogens is 2. The largest absolute Gasteiger partial charge is 0.312 e. The molecular formula is C16H24F2N2. The molecule has 0 bridgehead atoms. The molecule has 2 rings (SSSR count). The third-order valence-electron chi connectivity index (χ3n) is 3.95. The first-order valence-corrected chi connectivity index (χ1v) is 7.26. The lowest BCUT2D eigenvalue weighted by Gasteiger charge is -2.33. The Morgan fingerprint density at radius 1 is 1.30 bits per heavy atom. The van der Waals surface area contributed by atoms with E-state index in [-0.39, 0.29) is 5.41 Å². The average Bonchev–Trinajstić information content (AvgIpc) is 2.60. The second-order valence-corrected chi connectivity index (χ2v) is 6.67. The predicted octanol–water partition coefficient (Wildman–Crippen LogP) is 3.17. The number of hydrogen-bond acceptors (Lipinski definition) is 2. The van der Waals surface area contributed by atoms with Gasteiger partial charge in [0.15, 0.2) is 11.6 Å². The Bertz CT molecular complexity index is 454. The molecule has 1 aromatic carbocycles. The highest BCUT2D eigenvalue weighted by Crippen LogP contribution is 2.23. The molecule has 0 saturated carbocycles. The molecule has 1 fully saturated rings. The van der Waals surface area contributed by atoms with Crippen LogP contribution in [-0.2, 0) is 6.54 Å². The van der Waals surface area contributed by atoms with Gasteiger partial charge in [0.2, 0.25) is 0 Å². The zero-order chi connectivity index (χ0) is 14.8. The van der Waals surface area contributed by atoms with Crippen molar-refractivity contribution in [3.8, 4) is 0 Å². The first-order valence-electron chi connectivity index (χ1n) is 7.26. The van der Waals surface area contributed by atoms with E-state index in [4.69, 9.17) is 0 Å². The summed E-state index contributed by atoms with van der Waals surface area (Å²) in [4.78, 5) is 2.22. The van der Waals surface area contributed by atoms with Gasteiger partial charge in [0.05, 0.1) is 0 Å². The van der Waals surface area contributed by atoms with Crippen LogP contribution in [0.2, 0.25) is 0 Å². The molecule has 0 aromatic heterocycles. The molecular weight excluding hydrogens is 258 g/mol. The van der Waals surface area contributed by atoms with Gasteiger partial charge in [-0.25, -0.2) is 8.78 Å². The van der Waals surface area contributed by atoms with Crippen LogP contribution >= 0.6 is 0 Å². The minimum atomic E-state index is -0.761. The molecule has 0 radical (unpaired) electrons. The quantitative estimate of drug-likeness (QED) is 0.896. The van der Waals surface area contributed by atoms with Crippen molar-refractivity contribution in [1.29, 1.82) is 0 Å². The fraction of sp³-hybridized carbons (Fsp3) is 0.625. The fourth-order valence-electron chi connectivity index (χ4n) is 2.63. The van der Waals surface area contributed by atoms with Crippen LogP contribution in [0.1, 0.15) is 32.8 Å². The number of hydrogen-bond donors (Lipinski definition) is 1. The second kappa shape index (κ2) is 6.19. The van der Waals surface area contributed by atoms with E-state index >= 15 is 0 Å². The van der Waals surface area contributed by atoms with Crippen molar-refractivity contribution < 1.29 is 8.78 Å². The highest BCUT2D eigenvalue weighted by atomic mass is 19.2. The maximum absolute atomic E-state index is 13.8. The summed E-state index contributed by atoms with van der Waals surface area (Å²) in [5.74, 6) is -1.47. The molecule has 0 aliphatic carbocycles. The standard InChI is InChI=1S/C16H24F2N2/c1-16(2,3)14-11-20(9-5-8-19-14)10-12-6-4-7-13(17)15(12)18/h4,6-7,14,19H,5,8-11H2,1-3H3. The van der Waals surface area contributed by atoms with E-state index in [0.29, 0.717) is 18.2 Å². The van der Waals surface area contributed by atoms with E-state index in [2.05, 4.69) is 31.0 Å². The van der Waals surface area contributed by atoms with Crippen LogP contribution in [0.25, 0.3) is 0 Å². The summed E-state index contributed by atoms with van der Waals surface area (Å²) in [5.41, 5.74) is 0.600. The summed E-state index contributed by atoms with van der Waals surface area (Å²) in [6.45, 7) is 9.84. The highest BCUT2D eigenvalue weighted by molar-refractivity contribution is 5.19. The van der Waals surface area contributed by atoms with Gasteiger partial charge in [0.1, 0.15) is 0 Å². The number of rotatable bonds is 2. The highest BCUT2D eigenvalue weighted by Gasteiger charge is 2.28. The summed E-state index contributed by atoms with van der Waals surface area (Å²) in [6, 6.07) is 4.77. The Kier molecular flexibility index (Phi) is 4.76. The van der Waals surface area contributed by atoms with Crippen LogP contribution in [0, 0.1) is 17.0 Å². The fourth-order valence-corrected chi connectivity index (χ4v) is 2.63. The normalized spacial score (nSPS) is 21.8. The smallest absolute Gasteiger partial charge is 0.163 e. The summed E-state index contributed by atoms with van der Waals surface area (Å²) >= 11 is 0. The second-order valence-electron chi connectivity index (χ2n) is 6.67. The maximum Gasteiger partial charge on any atom is 0.163 e. The van der Waals surface area contributed by atoms with Gasteiger partial charge in [0, 0.05) is 24.7 Å². The van der Waals surface area contributed by atoms with Crippen LogP contribution in [-0.4, -0.2) is 30.6 Å². The minimum absolute atomic E-state index is 0.156. The molecule has 1 aromatic rings. The van der Waals surface area contributed by atoms with Crippen LogP contribution in [0.3, 0.4) is 0 Å². The van der Waals surface area contributed by atoms with Crippen molar-refractivity contribution in [2.75, 3.05) is 19.6 Å². The Labute approximate surface area is 120 Å². The van der Waals surface area contributed by atoms with E-state index in [0.717, 1.165) is 26.1 Å². The molecule has 1 aliphatic heterocycles. The van der Waals surface area contributed by atoms with Gasteiger partial charge in [-0.05, 0) is 31.0 Å². The molecule has 0 spiro atoms. The number of nitrogens with one attached hydrogen (secondary N) is 1. The molecule has 1 unspecified atom stereocenters. The SMILES string of the molecule is CC(C)(C)C1CN(Cc2cccc(F)c2F)CCCN1. The van der Waals surface area contributed by atoms with Gasteiger partial charge < -0.3 is 5.32 Å². The van der Waals surface area contributed by atoms with Crippen molar-refractivity contribution in [2.45, 2.75) is 39.8 Å². The molecule has 112 valence electrons. The van der Waals surface area contributed by atoms with E-state index in [1.165, 1.54) is 6.07 Å². The van der Waals surface area contributed by atoms with E-state index in [9.17, 15) is 8.78 Å². The molecule has 1 N–H and O–H groups in total. The van der Waals surface area contributed by atoms with Crippen molar-refractivity contribution in [2.24, 2.45) is 5.41 Å². The van der Waals surface area contributed by atoms with Crippen LogP contribution in [0.4, 0.5) is 8.78 Å². The molecule has 0 amide bonds. The van der Waals surface area contributed by atoms with Gasteiger partial charge in [0.25, 0.3) is 0 Å². The molecule has 4 heteroatoms. The molecule has 20 heavy (non-hydrogen) atoms. The van der Waals surface area contributed by atoms with Gasteiger partial charge in [-0.2, -0.15) is 0 Å². The van der Waals surface area contributed by atoms with Crippen LogP contribution in [0.5, 0.6) is 0 Å². The van der Waals surface area contributed by atoms with Crippen molar-refractivity contribution in [3.05, 3.63) is 35.4 Å². The van der Waals surface area contributed by atoms with Crippen molar-refractivity contribution in [3.63, 3.8) is 0 Å². The number of nitrogens with zero attached hydrogens (tertiary/aromatic N) is 1. The Morgan fingerprint density at radius 2 is 2.05 bits per heavy atom. The Balaban J connectivity index is 2.09. The molecule has 2 nitrogen and oxygen atoms in total. The van der Waals surface area contributed by atoms with Crippen molar-refractivity contribution >= 4 is 0 Å². The first-order chi connectivity index (χ1) is 9.38. The van der Waals surface area contributed by atoms with Crippen molar-refractivity contribution in [1.82, 2.24) is 10.2 Å². The van der Waals surface area contributed by atoms with Crippen LogP contribution < -0.4 is 5.32 Å². The zero-order valence-electron chi connectivity index (χ0n) is 12.5. The third kappa shape index (κ3) is 3.76. The Hall–Kier alpha value is -1.00. The Morgan fingerprint density at radius 3 is 2.75 bits per heavy atom. The van der Waals surface area contributed by atoms with Gasteiger partial charge in [-0.15, -0.1) is 0 Å². The van der Waals surface area contributed by atoms with E-state index in [1.54, 1.807) is 12.1 Å². The summed E-state index contributed by atoms with van der Waals surface area (Å²) in [6.07, 6.45) is 1.03. The van der Waals surface area contributed by atoms with E-state index in [1.807, 2.05) is 0 Å². The topological polar surface area (TPSA) is 15.3 Å². The lowest BCUT2D eigenvalue weighted by molar-refractivity contribution is 0.190. The predicted molar refractivity (Wildman–Crippen MR) is 77.5 cm³/mol. The van der Waals surface area contributed by atoms with E-state index < -0.39 is 11.6 Å². The van der Waals surface area contributed by atoms with Crippen LogP contribution in [0.15, 0.2) is 18.2 Å². The monoisotopic (exact) mass is 282 g/mol. The third-order valence-corrected chi connectivity index (χ3v) is 3.95. The van der Waals surface area contributed by atoms with Gasteiger partial charge in [-0.3, -0.25) is 4.90 Å². The van der Waals surface area contributed by atoms with Gasteiger partial charge in [-0.1, -0.05) is 32.9 Å². The average molecular weight is 282 g/mol. The zero-order valence-corrected chi connectivity index (χ0v) is 12.5. The first kappa shape index (κ1) is 15.4. The molecule has 1 saturated heterocycles. The minimum Gasteiger partial charge on any atom is -0.312 e. The molecule has 1 aliphatic rings. The summed E-state index contributed by atoms with van der Waals surface area (Å²) < 4.78 is 27.0. The molecule has 1 heterocycles. The molecule has 1 atom stereocenters. The maximum atomic E-state index is 13.8. The summed E-state index contributed by atoms with van der Waals surface area (Å²) in [5, 5.41) is 3.55. The lowest BCUT2D eigenvalue weighted by Crippen LogP contribution is -2.46. The number of benzene rings is 1. The summed E-state index contributed by atoms with van der Waals surface area (Å²) in [7, 11) is 0.